The highest BCUT2D eigenvalue weighted by Crippen LogP contribution is 2.15. The Kier molecular flexibility index (Phi) is 6.10. The number of aryl methyl sites for hydroxylation is 2. The molecule has 122 valence electrons. The van der Waals surface area contributed by atoms with Crippen LogP contribution in [0.15, 0.2) is 54.6 Å². The molecule has 0 atom stereocenters. The second-order valence-electron chi connectivity index (χ2n) is 6.38. The summed E-state index contributed by atoms with van der Waals surface area (Å²) in [4.78, 5) is 2.51. The molecule has 0 radical (unpaired) electrons. The zero-order valence-corrected chi connectivity index (χ0v) is 13.9. The van der Waals surface area contributed by atoms with Crippen LogP contribution in [0, 0.1) is 0 Å². The Bertz CT molecular complexity index is 558. The summed E-state index contributed by atoms with van der Waals surface area (Å²) in [6, 6.07) is 19.3. The number of rotatable bonds is 7. The van der Waals surface area contributed by atoms with E-state index in [1.54, 1.807) is 0 Å². The van der Waals surface area contributed by atoms with Gasteiger partial charge in [-0.3, -0.25) is 4.90 Å². The maximum atomic E-state index is 5.88. The van der Waals surface area contributed by atoms with Gasteiger partial charge in [-0.25, -0.2) is 0 Å². The first-order valence-electron chi connectivity index (χ1n) is 8.88. The van der Waals surface area contributed by atoms with Gasteiger partial charge in [-0.2, -0.15) is 0 Å². The van der Waals surface area contributed by atoms with Gasteiger partial charge in [-0.05, 0) is 62.0 Å². The highest BCUT2D eigenvalue weighted by atomic mass is 16.5. The fraction of sp³-hybridized carbons (Fsp3) is 0.429. The van der Waals surface area contributed by atoms with Gasteiger partial charge in [-0.15, -0.1) is 0 Å². The number of piperidine rings is 1. The maximum Gasteiger partial charge on any atom is 0.119 e. The molecule has 1 aliphatic rings. The first-order valence-corrected chi connectivity index (χ1v) is 8.88. The summed E-state index contributed by atoms with van der Waals surface area (Å²) in [5, 5.41) is 0. The van der Waals surface area contributed by atoms with Gasteiger partial charge in [0.2, 0.25) is 0 Å². The summed E-state index contributed by atoms with van der Waals surface area (Å²) in [6.07, 6.45) is 6.25. The number of benzene rings is 2. The third-order valence-electron chi connectivity index (χ3n) is 4.59. The fourth-order valence-corrected chi connectivity index (χ4v) is 3.16. The van der Waals surface area contributed by atoms with Crippen LogP contribution in [-0.4, -0.2) is 31.1 Å². The van der Waals surface area contributed by atoms with Gasteiger partial charge in [0.1, 0.15) is 12.4 Å². The van der Waals surface area contributed by atoms with Crippen LogP contribution in [0.4, 0.5) is 0 Å². The summed E-state index contributed by atoms with van der Waals surface area (Å²) < 4.78 is 5.88. The smallest absolute Gasteiger partial charge is 0.119 e. The highest BCUT2D eigenvalue weighted by Gasteiger charge is 2.09. The summed E-state index contributed by atoms with van der Waals surface area (Å²) in [5.41, 5.74) is 2.77. The van der Waals surface area contributed by atoms with Crippen LogP contribution in [-0.2, 0) is 12.8 Å². The molecule has 0 saturated carbocycles. The van der Waals surface area contributed by atoms with Crippen molar-refractivity contribution >= 4 is 0 Å². The molecular weight excluding hydrogens is 282 g/mol. The van der Waals surface area contributed by atoms with E-state index in [4.69, 9.17) is 4.74 Å². The van der Waals surface area contributed by atoms with Crippen molar-refractivity contribution in [2.45, 2.75) is 32.1 Å². The molecule has 1 aliphatic heterocycles. The molecule has 0 amide bonds. The van der Waals surface area contributed by atoms with E-state index in [1.165, 1.54) is 43.5 Å². The molecule has 1 fully saturated rings. The van der Waals surface area contributed by atoms with Crippen molar-refractivity contribution in [2.75, 3.05) is 26.2 Å². The minimum atomic E-state index is 0.795. The first kappa shape index (κ1) is 16.1. The lowest BCUT2D eigenvalue weighted by Gasteiger charge is -2.26. The Morgan fingerprint density at radius 3 is 2.09 bits per heavy atom. The molecule has 2 aromatic carbocycles. The van der Waals surface area contributed by atoms with Crippen molar-refractivity contribution in [1.82, 2.24) is 4.90 Å². The van der Waals surface area contributed by atoms with E-state index in [0.29, 0.717) is 0 Å². The second-order valence-corrected chi connectivity index (χ2v) is 6.38. The molecule has 0 aromatic heterocycles. The summed E-state index contributed by atoms with van der Waals surface area (Å²) >= 11 is 0. The van der Waals surface area contributed by atoms with Crippen LogP contribution in [0.25, 0.3) is 0 Å². The molecule has 0 bridgehead atoms. The Balaban J connectivity index is 1.40. The van der Waals surface area contributed by atoms with Crippen LogP contribution < -0.4 is 4.74 Å². The molecule has 0 unspecified atom stereocenters. The van der Waals surface area contributed by atoms with Crippen molar-refractivity contribution in [1.29, 1.82) is 0 Å². The third-order valence-corrected chi connectivity index (χ3v) is 4.59. The molecule has 2 aromatic rings. The van der Waals surface area contributed by atoms with Gasteiger partial charge < -0.3 is 4.74 Å². The molecule has 0 aliphatic carbocycles. The highest BCUT2D eigenvalue weighted by molar-refractivity contribution is 5.28. The van der Waals surface area contributed by atoms with Crippen LogP contribution in [0.5, 0.6) is 5.75 Å². The van der Waals surface area contributed by atoms with E-state index >= 15 is 0 Å². The molecule has 1 saturated heterocycles. The molecular formula is C21H27NO. The molecule has 23 heavy (non-hydrogen) atoms. The zero-order chi connectivity index (χ0) is 15.7. The van der Waals surface area contributed by atoms with E-state index in [9.17, 15) is 0 Å². The normalized spacial score (nSPS) is 15.5. The largest absolute Gasteiger partial charge is 0.492 e. The minimum Gasteiger partial charge on any atom is -0.492 e. The Hall–Kier alpha value is -1.80. The van der Waals surface area contributed by atoms with E-state index in [2.05, 4.69) is 59.5 Å². The fourth-order valence-electron chi connectivity index (χ4n) is 3.16. The molecule has 0 spiro atoms. The van der Waals surface area contributed by atoms with Gasteiger partial charge in [0.25, 0.3) is 0 Å². The van der Waals surface area contributed by atoms with Crippen molar-refractivity contribution < 1.29 is 4.74 Å². The summed E-state index contributed by atoms with van der Waals surface area (Å²) in [6.45, 7) is 4.32. The van der Waals surface area contributed by atoms with E-state index in [0.717, 1.165) is 31.7 Å². The van der Waals surface area contributed by atoms with Crippen molar-refractivity contribution in [3.8, 4) is 5.75 Å². The van der Waals surface area contributed by atoms with Gasteiger partial charge in [0, 0.05) is 6.54 Å². The Morgan fingerprint density at radius 2 is 1.39 bits per heavy atom. The number of hydrogen-bond donors (Lipinski definition) is 0. The predicted molar refractivity (Wildman–Crippen MR) is 96.1 cm³/mol. The number of hydrogen-bond acceptors (Lipinski definition) is 2. The third kappa shape index (κ3) is 5.40. The van der Waals surface area contributed by atoms with Gasteiger partial charge in [0.05, 0.1) is 0 Å². The quantitative estimate of drug-likeness (QED) is 0.754. The topological polar surface area (TPSA) is 12.5 Å². The number of likely N-dealkylation sites (tertiary alicyclic amines) is 1. The lowest BCUT2D eigenvalue weighted by Crippen LogP contribution is -2.33. The maximum absolute atomic E-state index is 5.88. The van der Waals surface area contributed by atoms with Crippen molar-refractivity contribution in [3.63, 3.8) is 0 Å². The van der Waals surface area contributed by atoms with Gasteiger partial charge in [-0.1, -0.05) is 48.9 Å². The monoisotopic (exact) mass is 309 g/mol. The summed E-state index contributed by atoms with van der Waals surface area (Å²) in [5.74, 6) is 0.991. The van der Waals surface area contributed by atoms with Gasteiger partial charge >= 0.3 is 0 Å². The molecule has 2 heteroatoms. The van der Waals surface area contributed by atoms with Crippen LogP contribution >= 0.6 is 0 Å². The summed E-state index contributed by atoms with van der Waals surface area (Å²) in [7, 11) is 0. The van der Waals surface area contributed by atoms with Crippen LogP contribution in [0.2, 0.25) is 0 Å². The second kappa shape index (κ2) is 8.73. The zero-order valence-electron chi connectivity index (χ0n) is 13.9. The van der Waals surface area contributed by atoms with E-state index in [1.807, 2.05) is 0 Å². The molecule has 0 N–H and O–H groups in total. The Labute approximate surface area is 140 Å². The SMILES string of the molecule is c1ccc(CCc2ccc(OCCN3CCCCC3)cc2)cc1. The lowest BCUT2D eigenvalue weighted by molar-refractivity contribution is 0.183. The molecule has 2 nitrogen and oxygen atoms in total. The van der Waals surface area contributed by atoms with E-state index < -0.39 is 0 Å². The van der Waals surface area contributed by atoms with Crippen LogP contribution in [0.1, 0.15) is 30.4 Å². The van der Waals surface area contributed by atoms with Crippen LogP contribution in [0.3, 0.4) is 0 Å². The lowest BCUT2D eigenvalue weighted by atomic mass is 10.0. The van der Waals surface area contributed by atoms with Crippen molar-refractivity contribution in [3.05, 3.63) is 65.7 Å². The van der Waals surface area contributed by atoms with Gasteiger partial charge in [0.15, 0.2) is 0 Å². The average molecular weight is 309 g/mol. The predicted octanol–water partition coefficient (Wildman–Crippen LogP) is 4.34. The Morgan fingerprint density at radius 1 is 0.739 bits per heavy atom. The van der Waals surface area contributed by atoms with Crippen molar-refractivity contribution in [2.24, 2.45) is 0 Å². The minimum absolute atomic E-state index is 0.795. The van der Waals surface area contributed by atoms with E-state index in [-0.39, 0.29) is 0 Å². The number of nitrogens with zero attached hydrogens (tertiary/aromatic N) is 1. The molecule has 1 heterocycles. The average Bonchev–Trinajstić information content (AvgIpc) is 2.63. The first-order chi connectivity index (χ1) is 11.4. The molecule has 3 rings (SSSR count). The number of ether oxygens (including phenoxy) is 1. The standard InChI is InChI=1S/C21H27NO/c1-3-7-19(8-4-1)9-10-20-11-13-21(14-12-20)23-18-17-22-15-5-2-6-16-22/h1,3-4,7-8,11-14H,2,5-6,9-10,15-18H2.